The summed E-state index contributed by atoms with van der Waals surface area (Å²) in [5, 5.41) is 13.9. The first kappa shape index (κ1) is 11.7. The molecular formula is C12H14FN3O. The molecule has 17 heavy (non-hydrogen) atoms. The molecule has 90 valence electrons. The van der Waals surface area contributed by atoms with Crippen LogP contribution >= 0.6 is 0 Å². The highest BCUT2D eigenvalue weighted by Crippen LogP contribution is 2.20. The van der Waals surface area contributed by atoms with E-state index in [0.717, 1.165) is 11.9 Å². The van der Waals surface area contributed by atoms with Gasteiger partial charge in [-0.1, -0.05) is 0 Å². The van der Waals surface area contributed by atoms with Crippen LogP contribution in [0.15, 0.2) is 30.7 Å². The Morgan fingerprint density at radius 1 is 1.41 bits per heavy atom. The summed E-state index contributed by atoms with van der Waals surface area (Å²) in [4.78, 5) is 3.65. The van der Waals surface area contributed by atoms with Crippen molar-refractivity contribution in [2.45, 2.75) is 18.9 Å². The van der Waals surface area contributed by atoms with Crippen LogP contribution in [0.5, 0.6) is 0 Å². The Morgan fingerprint density at radius 3 is 2.88 bits per heavy atom. The lowest BCUT2D eigenvalue weighted by Gasteiger charge is -2.11. The van der Waals surface area contributed by atoms with Gasteiger partial charge in [-0.2, -0.15) is 5.10 Å². The number of aliphatic hydroxyl groups excluding tert-OH is 1. The molecule has 0 bridgehead atoms. The van der Waals surface area contributed by atoms with Crippen molar-refractivity contribution in [3.8, 4) is 0 Å². The third-order valence-electron chi connectivity index (χ3n) is 2.76. The first-order chi connectivity index (χ1) is 8.18. The van der Waals surface area contributed by atoms with E-state index in [1.54, 1.807) is 10.9 Å². The van der Waals surface area contributed by atoms with Gasteiger partial charge < -0.3 is 5.11 Å². The van der Waals surface area contributed by atoms with Crippen molar-refractivity contribution in [2.75, 3.05) is 0 Å². The van der Waals surface area contributed by atoms with Gasteiger partial charge in [-0.3, -0.25) is 9.67 Å². The van der Waals surface area contributed by atoms with Crippen LogP contribution in [0.2, 0.25) is 0 Å². The van der Waals surface area contributed by atoms with Gasteiger partial charge in [0.25, 0.3) is 0 Å². The Morgan fingerprint density at radius 2 is 2.24 bits per heavy atom. The number of hydrogen-bond acceptors (Lipinski definition) is 3. The molecule has 2 rings (SSSR count). The SMILES string of the molecule is Cn1nccc1CCC(O)c1ccncc1F. The molecule has 0 saturated heterocycles. The molecule has 4 nitrogen and oxygen atoms in total. The summed E-state index contributed by atoms with van der Waals surface area (Å²) in [6.07, 6.45) is 4.59. The molecule has 1 N–H and O–H groups in total. The highest BCUT2D eigenvalue weighted by molar-refractivity contribution is 5.16. The van der Waals surface area contributed by atoms with Crippen LogP contribution in [0.3, 0.4) is 0 Å². The predicted molar refractivity (Wildman–Crippen MR) is 60.7 cm³/mol. The van der Waals surface area contributed by atoms with Crippen LogP contribution in [0.4, 0.5) is 4.39 Å². The van der Waals surface area contributed by atoms with Crippen molar-refractivity contribution in [1.29, 1.82) is 0 Å². The molecule has 0 aliphatic rings. The van der Waals surface area contributed by atoms with Crippen LogP contribution in [0.1, 0.15) is 23.8 Å². The smallest absolute Gasteiger partial charge is 0.147 e. The van der Waals surface area contributed by atoms with E-state index >= 15 is 0 Å². The molecule has 0 aliphatic carbocycles. The molecule has 1 unspecified atom stereocenters. The Balaban J connectivity index is 2.01. The second-order valence-corrected chi connectivity index (χ2v) is 3.90. The lowest BCUT2D eigenvalue weighted by atomic mass is 10.0. The molecular weight excluding hydrogens is 221 g/mol. The number of halogens is 1. The largest absolute Gasteiger partial charge is 0.388 e. The number of aromatic nitrogens is 3. The third kappa shape index (κ3) is 2.68. The zero-order valence-corrected chi connectivity index (χ0v) is 9.55. The van der Waals surface area contributed by atoms with E-state index in [9.17, 15) is 9.50 Å². The van der Waals surface area contributed by atoms with Gasteiger partial charge in [0.1, 0.15) is 5.82 Å². The minimum absolute atomic E-state index is 0.294. The number of aryl methyl sites for hydroxylation is 2. The quantitative estimate of drug-likeness (QED) is 0.876. The molecule has 0 fully saturated rings. The lowest BCUT2D eigenvalue weighted by molar-refractivity contribution is 0.162. The van der Waals surface area contributed by atoms with Crippen molar-refractivity contribution in [2.24, 2.45) is 7.05 Å². The molecule has 0 aliphatic heterocycles. The van der Waals surface area contributed by atoms with Crippen molar-refractivity contribution in [3.63, 3.8) is 0 Å². The average Bonchev–Trinajstić information content (AvgIpc) is 2.72. The van der Waals surface area contributed by atoms with Gasteiger partial charge in [-0.25, -0.2) is 4.39 Å². The maximum atomic E-state index is 13.3. The molecule has 0 spiro atoms. The maximum Gasteiger partial charge on any atom is 0.147 e. The molecule has 0 aromatic carbocycles. The van der Waals surface area contributed by atoms with Crippen LogP contribution in [0.25, 0.3) is 0 Å². The minimum atomic E-state index is -0.812. The molecule has 5 heteroatoms. The van der Waals surface area contributed by atoms with Crippen molar-refractivity contribution in [1.82, 2.24) is 14.8 Å². The Labute approximate surface area is 98.7 Å². The number of rotatable bonds is 4. The topological polar surface area (TPSA) is 50.9 Å². The van der Waals surface area contributed by atoms with Gasteiger partial charge in [-0.15, -0.1) is 0 Å². The van der Waals surface area contributed by atoms with Crippen LogP contribution in [-0.4, -0.2) is 19.9 Å². The van der Waals surface area contributed by atoms with Gasteiger partial charge in [-0.05, 0) is 25.0 Å². The molecule has 2 aromatic heterocycles. The highest BCUT2D eigenvalue weighted by atomic mass is 19.1. The molecule has 0 radical (unpaired) electrons. The molecule has 0 amide bonds. The first-order valence-electron chi connectivity index (χ1n) is 5.43. The van der Waals surface area contributed by atoms with Gasteiger partial charge >= 0.3 is 0 Å². The number of nitrogens with zero attached hydrogens (tertiary/aromatic N) is 3. The second-order valence-electron chi connectivity index (χ2n) is 3.90. The van der Waals surface area contributed by atoms with Crippen molar-refractivity contribution < 1.29 is 9.50 Å². The zero-order chi connectivity index (χ0) is 12.3. The fourth-order valence-corrected chi connectivity index (χ4v) is 1.74. The highest BCUT2D eigenvalue weighted by Gasteiger charge is 2.13. The third-order valence-corrected chi connectivity index (χ3v) is 2.76. The van der Waals surface area contributed by atoms with Crippen LogP contribution in [-0.2, 0) is 13.5 Å². The fraction of sp³-hybridized carbons (Fsp3) is 0.333. The minimum Gasteiger partial charge on any atom is -0.388 e. The van der Waals surface area contributed by atoms with E-state index in [-0.39, 0.29) is 0 Å². The van der Waals surface area contributed by atoms with Gasteiger partial charge in [0.15, 0.2) is 0 Å². The standard InChI is InChI=1S/C12H14FN3O/c1-16-9(4-7-15-16)2-3-12(17)10-5-6-14-8-11(10)13/h4-8,12,17H,2-3H2,1H3. The van der Waals surface area contributed by atoms with Gasteiger partial charge in [0, 0.05) is 30.7 Å². The molecule has 1 atom stereocenters. The van der Waals surface area contributed by atoms with E-state index in [4.69, 9.17) is 0 Å². The van der Waals surface area contributed by atoms with E-state index in [2.05, 4.69) is 10.1 Å². The Kier molecular flexibility index (Phi) is 3.49. The maximum absolute atomic E-state index is 13.3. The summed E-state index contributed by atoms with van der Waals surface area (Å²) in [6.45, 7) is 0. The normalized spacial score (nSPS) is 12.6. The Bertz CT molecular complexity index is 498. The van der Waals surface area contributed by atoms with E-state index in [1.165, 1.54) is 12.3 Å². The summed E-state index contributed by atoms with van der Waals surface area (Å²) in [5.74, 6) is -0.468. The summed E-state index contributed by atoms with van der Waals surface area (Å²) < 4.78 is 15.1. The van der Waals surface area contributed by atoms with E-state index in [0.29, 0.717) is 18.4 Å². The molecule has 2 heterocycles. The fourth-order valence-electron chi connectivity index (χ4n) is 1.74. The molecule has 2 aromatic rings. The van der Waals surface area contributed by atoms with Gasteiger partial charge in [0.2, 0.25) is 0 Å². The zero-order valence-electron chi connectivity index (χ0n) is 9.55. The van der Waals surface area contributed by atoms with Crippen molar-refractivity contribution in [3.05, 3.63) is 47.8 Å². The second kappa shape index (κ2) is 5.05. The molecule has 0 saturated carbocycles. The van der Waals surface area contributed by atoms with Crippen LogP contribution in [0, 0.1) is 5.82 Å². The van der Waals surface area contributed by atoms with E-state index in [1.807, 2.05) is 13.1 Å². The number of hydrogen-bond donors (Lipinski definition) is 1. The lowest BCUT2D eigenvalue weighted by Crippen LogP contribution is -2.05. The summed E-state index contributed by atoms with van der Waals surface area (Å²) in [5.41, 5.74) is 1.31. The first-order valence-corrected chi connectivity index (χ1v) is 5.43. The van der Waals surface area contributed by atoms with Gasteiger partial charge in [0.05, 0.1) is 12.3 Å². The predicted octanol–water partition coefficient (Wildman–Crippen LogP) is 1.62. The Hall–Kier alpha value is -1.75. The summed E-state index contributed by atoms with van der Waals surface area (Å²) in [6, 6.07) is 3.39. The number of aliphatic hydroxyl groups is 1. The number of pyridine rings is 1. The van der Waals surface area contributed by atoms with Crippen LogP contribution < -0.4 is 0 Å². The summed E-state index contributed by atoms with van der Waals surface area (Å²) in [7, 11) is 1.84. The summed E-state index contributed by atoms with van der Waals surface area (Å²) >= 11 is 0. The van der Waals surface area contributed by atoms with Crippen molar-refractivity contribution >= 4 is 0 Å². The monoisotopic (exact) mass is 235 g/mol. The average molecular weight is 235 g/mol. The van der Waals surface area contributed by atoms with E-state index < -0.39 is 11.9 Å².